The van der Waals surface area contributed by atoms with Crippen molar-refractivity contribution in [1.82, 2.24) is 0 Å². The van der Waals surface area contributed by atoms with Crippen molar-refractivity contribution >= 4 is 5.71 Å². The molecule has 1 aromatic carbocycles. The molecule has 0 N–H and O–H groups in total. The van der Waals surface area contributed by atoms with Crippen LogP contribution in [0.2, 0.25) is 0 Å². The zero-order valence-corrected chi connectivity index (χ0v) is 11.1. The van der Waals surface area contributed by atoms with Crippen LogP contribution in [0.3, 0.4) is 0 Å². The van der Waals surface area contributed by atoms with E-state index in [2.05, 4.69) is 24.3 Å². The second-order valence-electron chi connectivity index (χ2n) is 5.91. The van der Waals surface area contributed by atoms with Crippen molar-refractivity contribution in [2.45, 2.75) is 45.1 Å². The first kappa shape index (κ1) is 11.6. The average Bonchev–Trinajstić information content (AvgIpc) is 2.34. The third-order valence-electron chi connectivity index (χ3n) is 4.41. The zero-order valence-electron chi connectivity index (χ0n) is 11.1. The van der Waals surface area contributed by atoms with Gasteiger partial charge in [0.2, 0.25) is 5.71 Å². The molecule has 0 fully saturated rings. The molecule has 96 valence electrons. The summed E-state index contributed by atoms with van der Waals surface area (Å²) in [5.74, 6) is 0.591. The molecular weight excluding hydrogens is 226 g/mol. The SMILES string of the molecule is CC1=[N+]([O-])OC(C)(C)C2c3ccccc3CCC12. The van der Waals surface area contributed by atoms with Gasteiger partial charge >= 0.3 is 0 Å². The summed E-state index contributed by atoms with van der Waals surface area (Å²) in [6.45, 7) is 5.93. The Morgan fingerprint density at radius 2 is 2.06 bits per heavy atom. The summed E-state index contributed by atoms with van der Waals surface area (Å²) in [5, 5.41) is 11.8. The Hall–Kier alpha value is -1.51. The van der Waals surface area contributed by atoms with E-state index in [-0.39, 0.29) is 5.92 Å². The molecule has 1 aliphatic heterocycles. The van der Waals surface area contributed by atoms with Gasteiger partial charge in [-0.3, -0.25) is 5.21 Å². The lowest BCUT2D eigenvalue weighted by Crippen LogP contribution is -2.49. The van der Waals surface area contributed by atoms with Gasteiger partial charge in [-0.05, 0) is 37.8 Å². The molecule has 0 spiro atoms. The Kier molecular flexibility index (Phi) is 2.40. The molecule has 0 radical (unpaired) electrons. The van der Waals surface area contributed by atoms with Gasteiger partial charge in [-0.15, -0.1) is 0 Å². The van der Waals surface area contributed by atoms with Crippen LogP contribution in [-0.2, 0) is 11.3 Å². The van der Waals surface area contributed by atoms with Gasteiger partial charge < -0.3 is 4.84 Å². The minimum absolute atomic E-state index is 0.285. The monoisotopic (exact) mass is 245 g/mol. The van der Waals surface area contributed by atoms with Crippen LogP contribution in [0.4, 0.5) is 0 Å². The predicted octanol–water partition coefficient (Wildman–Crippen LogP) is 3.03. The molecule has 3 rings (SSSR count). The fourth-order valence-corrected chi connectivity index (χ4v) is 3.55. The zero-order chi connectivity index (χ0) is 12.9. The van der Waals surface area contributed by atoms with Crippen molar-refractivity contribution in [1.29, 1.82) is 0 Å². The number of benzene rings is 1. The molecule has 2 aliphatic rings. The van der Waals surface area contributed by atoms with Crippen LogP contribution >= 0.6 is 0 Å². The molecule has 1 aromatic rings. The summed E-state index contributed by atoms with van der Waals surface area (Å²) >= 11 is 0. The van der Waals surface area contributed by atoms with E-state index in [1.165, 1.54) is 11.1 Å². The van der Waals surface area contributed by atoms with Crippen LogP contribution in [0.1, 0.15) is 44.2 Å². The largest absolute Gasteiger partial charge is 0.397 e. The highest BCUT2D eigenvalue weighted by atomic mass is 16.9. The summed E-state index contributed by atoms with van der Waals surface area (Å²) in [5.41, 5.74) is 3.13. The highest BCUT2D eigenvalue weighted by Crippen LogP contribution is 2.47. The van der Waals surface area contributed by atoms with Gasteiger partial charge in [0.05, 0.1) is 11.5 Å². The highest BCUT2D eigenvalue weighted by Gasteiger charge is 2.47. The number of hydrogen-bond acceptors (Lipinski definition) is 2. The quantitative estimate of drug-likeness (QED) is 0.658. The standard InChI is InChI=1S/C15H19NO2/c1-10-12-9-8-11-6-4-5-7-13(11)14(12)15(2,3)18-16(10)17/h4-7,12,14H,8-9H2,1-3H3. The van der Waals surface area contributed by atoms with Gasteiger partial charge in [-0.1, -0.05) is 24.3 Å². The number of aryl methyl sites for hydroxylation is 1. The molecule has 0 saturated carbocycles. The number of rotatable bonds is 0. The van der Waals surface area contributed by atoms with Crippen molar-refractivity contribution in [3.63, 3.8) is 0 Å². The van der Waals surface area contributed by atoms with Gasteiger partial charge in [-0.2, -0.15) is 0 Å². The van der Waals surface area contributed by atoms with Crippen LogP contribution in [0.15, 0.2) is 24.3 Å². The molecule has 18 heavy (non-hydrogen) atoms. The van der Waals surface area contributed by atoms with E-state index in [1.54, 1.807) is 0 Å². The Morgan fingerprint density at radius 1 is 1.33 bits per heavy atom. The van der Waals surface area contributed by atoms with Crippen molar-refractivity contribution in [2.24, 2.45) is 5.92 Å². The molecule has 1 aliphatic carbocycles. The molecule has 1 heterocycles. The smallest absolute Gasteiger partial charge is 0.222 e. The van der Waals surface area contributed by atoms with E-state index in [9.17, 15) is 5.21 Å². The van der Waals surface area contributed by atoms with E-state index in [4.69, 9.17) is 4.84 Å². The molecular formula is C15H19NO2. The normalized spacial score (nSPS) is 29.3. The lowest BCUT2D eigenvalue weighted by molar-refractivity contribution is -0.772. The van der Waals surface area contributed by atoms with Crippen molar-refractivity contribution in [2.75, 3.05) is 0 Å². The van der Waals surface area contributed by atoms with Crippen LogP contribution in [0.25, 0.3) is 0 Å². The van der Waals surface area contributed by atoms with E-state index in [0.717, 1.165) is 23.5 Å². The molecule has 3 heteroatoms. The first-order chi connectivity index (χ1) is 8.50. The van der Waals surface area contributed by atoms with E-state index >= 15 is 0 Å². The molecule has 0 amide bonds. The summed E-state index contributed by atoms with van der Waals surface area (Å²) in [6.07, 6.45) is 2.09. The minimum atomic E-state index is -0.442. The average molecular weight is 245 g/mol. The number of hydrogen-bond donors (Lipinski definition) is 0. The topological polar surface area (TPSA) is 35.3 Å². The maximum absolute atomic E-state index is 11.8. The first-order valence-electron chi connectivity index (χ1n) is 6.58. The van der Waals surface area contributed by atoms with Gasteiger partial charge in [0.25, 0.3) is 0 Å². The maximum atomic E-state index is 11.8. The highest BCUT2D eigenvalue weighted by molar-refractivity contribution is 5.81. The Morgan fingerprint density at radius 3 is 2.83 bits per heavy atom. The van der Waals surface area contributed by atoms with Gasteiger partial charge in [-0.25, -0.2) is 0 Å². The van der Waals surface area contributed by atoms with Gasteiger partial charge in [0.15, 0.2) is 0 Å². The Bertz CT molecular complexity index is 519. The van der Waals surface area contributed by atoms with Gasteiger partial charge in [0.1, 0.15) is 0 Å². The summed E-state index contributed by atoms with van der Waals surface area (Å²) in [7, 11) is 0. The number of fused-ring (bicyclic) bond motifs is 3. The Labute approximate surface area is 108 Å². The molecule has 2 atom stereocenters. The molecule has 0 aromatic heterocycles. The van der Waals surface area contributed by atoms with Crippen LogP contribution in [0.5, 0.6) is 0 Å². The lowest BCUT2D eigenvalue weighted by Gasteiger charge is -2.46. The third kappa shape index (κ3) is 1.53. The van der Waals surface area contributed by atoms with E-state index < -0.39 is 5.60 Å². The third-order valence-corrected chi connectivity index (χ3v) is 4.41. The van der Waals surface area contributed by atoms with Crippen LogP contribution < -0.4 is 0 Å². The fraction of sp³-hybridized carbons (Fsp3) is 0.533. The van der Waals surface area contributed by atoms with Crippen molar-refractivity contribution in [3.05, 3.63) is 40.6 Å². The molecule has 0 bridgehead atoms. The minimum Gasteiger partial charge on any atom is -0.397 e. The van der Waals surface area contributed by atoms with E-state index in [1.807, 2.05) is 20.8 Å². The molecule has 3 nitrogen and oxygen atoms in total. The fourth-order valence-electron chi connectivity index (χ4n) is 3.55. The molecule has 0 saturated heterocycles. The second kappa shape index (κ2) is 3.74. The summed E-state index contributed by atoms with van der Waals surface area (Å²) in [4.78, 5) is 6.28. The predicted molar refractivity (Wildman–Crippen MR) is 70.5 cm³/mol. The van der Waals surface area contributed by atoms with Crippen LogP contribution in [-0.4, -0.2) is 16.2 Å². The second-order valence-corrected chi connectivity index (χ2v) is 5.91. The summed E-state index contributed by atoms with van der Waals surface area (Å²) < 4.78 is 0. The molecule has 2 unspecified atom stereocenters. The van der Waals surface area contributed by atoms with Crippen molar-refractivity contribution in [3.8, 4) is 0 Å². The first-order valence-corrected chi connectivity index (χ1v) is 6.58. The summed E-state index contributed by atoms with van der Waals surface area (Å²) in [6, 6.07) is 8.55. The van der Waals surface area contributed by atoms with Gasteiger partial charge in [0, 0.05) is 17.7 Å². The maximum Gasteiger partial charge on any atom is 0.222 e. The Balaban J connectivity index is 2.15. The van der Waals surface area contributed by atoms with E-state index in [0.29, 0.717) is 5.92 Å². The van der Waals surface area contributed by atoms with Crippen molar-refractivity contribution < 1.29 is 9.74 Å². The number of nitrogens with zero attached hydrogens (tertiary/aromatic N) is 1. The lowest BCUT2D eigenvalue weighted by atomic mass is 9.66. The van der Waals surface area contributed by atoms with Crippen LogP contribution in [0, 0.1) is 11.1 Å².